The molecule has 2 aromatic rings. The van der Waals surface area contributed by atoms with Gasteiger partial charge in [0.25, 0.3) is 0 Å². The second-order valence-electron chi connectivity index (χ2n) is 7.78. The Hall–Kier alpha value is -2.88. The van der Waals surface area contributed by atoms with Crippen molar-refractivity contribution in [2.45, 2.75) is 55.1 Å². The summed E-state index contributed by atoms with van der Waals surface area (Å²) in [6.07, 6.45) is -3.25. The number of fused-ring (bicyclic) bond motifs is 1. The molecule has 0 unspecified atom stereocenters. The van der Waals surface area contributed by atoms with Gasteiger partial charge in [0.15, 0.2) is 12.2 Å². The first kappa shape index (κ1) is 23.3. The molecule has 174 valence electrons. The van der Waals surface area contributed by atoms with Crippen LogP contribution in [0.1, 0.15) is 19.4 Å². The summed E-state index contributed by atoms with van der Waals surface area (Å²) in [7, 11) is 0. The number of hydrogen-bond acceptors (Lipinski definition) is 8. The minimum Gasteiger partial charge on any atom is -0.456 e. The van der Waals surface area contributed by atoms with Crippen LogP contribution in [-0.2, 0) is 35.1 Å². The van der Waals surface area contributed by atoms with Crippen LogP contribution in [0.2, 0.25) is 0 Å². The van der Waals surface area contributed by atoms with E-state index in [-0.39, 0.29) is 6.61 Å². The molecule has 0 spiro atoms. The lowest BCUT2D eigenvalue weighted by Crippen LogP contribution is -2.61. The van der Waals surface area contributed by atoms with E-state index in [1.165, 1.54) is 25.6 Å². The van der Waals surface area contributed by atoms with Crippen molar-refractivity contribution in [1.82, 2.24) is 4.90 Å². The van der Waals surface area contributed by atoms with Crippen molar-refractivity contribution < 1.29 is 33.3 Å². The Labute approximate surface area is 196 Å². The predicted molar refractivity (Wildman–Crippen MR) is 119 cm³/mol. The van der Waals surface area contributed by atoms with Gasteiger partial charge >= 0.3 is 12.1 Å². The first-order valence-electron chi connectivity index (χ1n) is 10.6. The number of carbonyl (C=O) groups is 3. The molecule has 0 aliphatic carbocycles. The molecule has 0 N–H and O–H groups in total. The maximum atomic E-state index is 12.6. The van der Waals surface area contributed by atoms with Crippen molar-refractivity contribution in [3.05, 3.63) is 66.2 Å². The van der Waals surface area contributed by atoms with Gasteiger partial charge in [-0.2, -0.15) is 0 Å². The summed E-state index contributed by atoms with van der Waals surface area (Å²) in [5, 5.41) is 0. The number of benzene rings is 2. The molecule has 2 heterocycles. The van der Waals surface area contributed by atoms with E-state index < -0.39 is 47.8 Å². The van der Waals surface area contributed by atoms with E-state index in [1.807, 2.05) is 60.7 Å². The highest BCUT2D eigenvalue weighted by atomic mass is 32.2. The van der Waals surface area contributed by atoms with Crippen LogP contribution in [0.5, 0.6) is 0 Å². The van der Waals surface area contributed by atoms with Crippen LogP contribution >= 0.6 is 11.8 Å². The summed E-state index contributed by atoms with van der Waals surface area (Å²) < 4.78 is 23.3. The van der Waals surface area contributed by atoms with Crippen molar-refractivity contribution in [1.29, 1.82) is 0 Å². The van der Waals surface area contributed by atoms with Crippen LogP contribution in [0.4, 0.5) is 4.79 Å². The molecule has 5 atom stereocenters. The number of nitrogens with zero attached hydrogens (tertiary/aromatic N) is 1. The standard InChI is InChI=1S/C24H25NO7S/c1-15(26)25-20-22(32-24(25)28)21(30-16(2)27)19(14-29-13-17-9-5-3-6-10-17)31-23(20)33-18-11-7-4-8-12-18/h3-12,19-23H,13-14H2,1-2H3/t19-,20-,21-,22-,23+/m1/s1. The zero-order chi connectivity index (χ0) is 23.4. The lowest BCUT2D eigenvalue weighted by molar-refractivity contribution is -0.195. The van der Waals surface area contributed by atoms with E-state index in [2.05, 4.69) is 0 Å². The molecule has 0 bridgehead atoms. The van der Waals surface area contributed by atoms with Gasteiger partial charge in [-0.15, -0.1) is 0 Å². The molecule has 9 heteroatoms. The van der Waals surface area contributed by atoms with Crippen molar-refractivity contribution in [3.8, 4) is 0 Å². The van der Waals surface area contributed by atoms with E-state index in [0.29, 0.717) is 6.61 Å². The third-order valence-corrected chi connectivity index (χ3v) is 6.54. The smallest absolute Gasteiger partial charge is 0.417 e. The van der Waals surface area contributed by atoms with Gasteiger partial charge in [-0.25, -0.2) is 9.69 Å². The highest BCUT2D eigenvalue weighted by Gasteiger charge is 2.59. The fourth-order valence-corrected chi connectivity index (χ4v) is 5.19. The largest absolute Gasteiger partial charge is 0.456 e. The number of rotatable bonds is 7. The second kappa shape index (κ2) is 10.4. The topological polar surface area (TPSA) is 91.4 Å². The summed E-state index contributed by atoms with van der Waals surface area (Å²) >= 11 is 1.37. The fourth-order valence-electron chi connectivity index (χ4n) is 4.00. The van der Waals surface area contributed by atoms with Crippen molar-refractivity contribution in [3.63, 3.8) is 0 Å². The fraction of sp³-hybridized carbons (Fsp3) is 0.375. The summed E-state index contributed by atoms with van der Waals surface area (Å²) in [5.74, 6) is -1.00. The summed E-state index contributed by atoms with van der Waals surface area (Å²) in [6, 6.07) is 18.4. The van der Waals surface area contributed by atoms with Gasteiger partial charge < -0.3 is 18.9 Å². The van der Waals surface area contributed by atoms with E-state index >= 15 is 0 Å². The molecule has 8 nitrogen and oxygen atoms in total. The number of ether oxygens (including phenoxy) is 4. The van der Waals surface area contributed by atoms with Crippen LogP contribution in [0.15, 0.2) is 65.6 Å². The molecule has 0 saturated carbocycles. The summed E-state index contributed by atoms with van der Waals surface area (Å²) in [6.45, 7) is 3.03. The monoisotopic (exact) mass is 471 g/mol. The molecule has 2 saturated heterocycles. The Morgan fingerprint density at radius 1 is 1.03 bits per heavy atom. The highest BCUT2D eigenvalue weighted by Crippen LogP contribution is 2.41. The quantitative estimate of drug-likeness (QED) is 0.568. The first-order valence-corrected chi connectivity index (χ1v) is 11.5. The Morgan fingerprint density at radius 3 is 2.33 bits per heavy atom. The number of hydrogen-bond donors (Lipinski definition) is 0. The van der Waals surface area contributed by atoms with Gasteiger partial charge in [-0.05, 0) is 17.7 Å². The Bertz CT molecular complexity index is 987. The Balaban J connectivity index is 1.59. The maximum Gasteiger partial charge on any atom is 0.417 e. The predicted octanol–water partition coefficient (Wildman–Crippen LogP) is 3.39. The molecule has 2 amide bonds. The number of thioether (sulfide) groups is 1. The van der Waals surface area contributed by atoms with Crippen LogP contribution in [0.3, 0.4) is 0 Å². The number of imide groups is 1. The number of amides is 2. The minimum atomic E-state index is -0.913. The van der Waals surface area contributed by atoms with Crippen LogP contribution in [0.25, 0.3) is 0 Å². The van der Waals surface area contributed by atoms with E-state index in [1.54, 1.807) is 0 Å². The van der Waals surface area contributed by atoms with Gasteiger partial charge in [-0.1, -0.05) is 60.3 Å². The van der Waals surface area contributed by atoms with Crippen molar-refractivity contribution in [2.24, 2.45) is 0 Å². The van der Waals surface area contributed by atoms with Crippen molar-refractivity contribution >= 4 is 29.7 Å². The summed E-state index contributed by atoms with van der Waals surface area (Å²) in [4.78, 5) is 38.7. The Kier molecular flexibility index (Phi) is 7.32. The van der Waals surface area contributed by atoms with Crippen LogP contribution < -0.4 is 0 Å². The third kappa shape index (κ3) is 5.38. The Morgan fingerprint density at radius 2 is 1.70 bits per heavy atom. The number of esters is 1. The van der Waals surface area contributed by atoms with E-state index in [9.17, 15) is 14.4 Å². The van der Waals surface area contributed by atoms with Crippen LogP contribution in [-0.4, -0.2) is 59.3 Å². The zero-order valence-electron chi connectivity index (χ0n) is 18.3. The molecule has 4 rings (SSSR count). The average molecular weight is 472 g/mol. The number of carbonyl (C=O) groups excluding carboxylic acids is 3. The lowest BCUT2D eigenvalue weighted by atomic mass is 9.97. The van der Waals surface area contributed by atoms with Gasteiger partial charge in [0.05, 0.1) is 13.2 Å². The normalized spacial score (nSPS) is 26.4. The lowest BCUT2D eigenvalue weighted by Gasteiger charge is -2.42. The maximum absolute atomic E-state index is 12.6. The molecule has 0 aromatic heterocycles. The molecule has 2 aliphatic rings. The minimum absolute atomic E-state index is 0.111. The average Bonchev–Trinajstić information content (AvgIpc) is 3.15. The van der Waals surface area contributed by atoms with Gasteiger partial charge in [0.1, 0.15) is 17.6 Å². The molecule has 2 fully saturated rings. The third-order valence-electron chi connectivity index (χ3n) is 5.38. The molecular formula is C24H25NO7S. The summed E-state index contributed by atoms with van der Waals surface area (Å²) in [5.41, 5.74) is 0.352. The van der Waals surface area contributed by atoms with Crippen LogP contribution in [0, 0.1) is 0 Å². The van der Waals surface area contributed by atoms with Crippen molar-refractivity contribution in [2.75, 3.05) is 6.61 Å². The van der Waals surface area contributed by atoms with Gasteiger partial charge in [0.2, 0.25) is 5.91 Å². The van der Waals surface area contributed by atoms with Gasteiger partial charge in [0, 0.05) is 18.7 Å². The van der Waals surface area contributed by atoms with E-state index in [4.69, 9.17) is 18.9 Å². The van der Waals surface area contributed by atoms with Gasteiger partial charge in [-0.3, -0.25) is 9.59 Å². The molecule has 33 heavy (non-hydrogen) atoms. The molecule has 0 radical (unpaired) electrons. The zero-order valence-corrected chi connectivity index (χ0v) is 19.1. The molecular weight excluding hydrogens is 446 g/mol. The SMILES string of the molecule is CC(=O)O[C@H]1[C@@H]2OC(=O)N(C(C)=O)[C@H]2[C@H](Sc2ccccc2)O[C@@H]1COCc1ccccc1. The molecule has 2 aromatic carbocycles. The van der Waals surface area contributed by atoms with E-state index in [0.717, 1.165) is 15.4 Å². The molecule has 2 aliphatic heterocycles. The highest BCUT2D eigenvalue weighted by molar-refractivity contribution is 7.99. The first-order chi connectivity index (χ1) is 15.9. The second-order valence-corrected chi connectivity index (χ2v) is 8.95.